The number of nitrogens with zero attached hydrogens (tertiary/aromatic N) is 3. The Kier molecular flexibility index (Phi) is 3.82. The summed E-state index contributed by atoms with van der Waals surface area (Å²) in [5.41, 5.74) is 8.76. The van der Waals surface area contributed by atoms with E-state index in [9.17, 15) is 0 Å². The molecule has 2 N–H and O–H groups in total. The number of anilines is 1. The van der Waals surface area contributed by atoms with Crippen molar-refractivity contribution in [2.75, 3.05) is 19.5 Å². The van der Waals surface area contributed by atoms with Gasteiger partial charge in [-0.1, -0.05) is 6.92 Å². The maximum absolute atomic E-state index is 5.89. The van der Waals surface area contributed by atoms with Gasteiger partial charge in [0.25, 0.3) is 0 Å². The zero-order valence-electron chi connectivity index (χ0n) is 12.6. The van der Waals surface area contributed by atoms with Crippen molar-refractivity contribution in [3.8, 4) is 17.2 Å². The zero-order chi connectivity index (χ0) is 15.5. The fourth-order valence-corrected chi connectivity index (χ4v) is 2.15. The average molecular weight is 298 g/mol. The summed E-state index contributed by atoms with van der Waals surface area (Å²) in [5.74, 6) is 1.44. The molecule has 114 valence electrons. The second-order valence-corrected chi connectivity index (χ2v) is 4.91. The van der Waals surface area contributed by atoms with Gasteiger partial charge in [0.2, 0.25) is 0 Å². The van der Waals surface area contributed by atoms with Crippen LogP contribution in [0.25, 0.3) is 16.7 Å². The first-order valence-electron chi connectivity index (χ1n) is 7.15. The maximum atomic E-state index is 5.89. The summed E-state index contributed by atoms with van der Waals surface area (Å²) in [6.45, 7) is 2.79. The third-order valence-corrected chi connectivity index (χ3v) is 3.27. The Bertz CT molecular complexity index is 781. The monoisotopic (exact) mass is 298 g/mol. The highest BCUT2D eigenvalue weighted by Gasteiger charge is 2.09. The minimum atomic E-state index is 0.547. The van der Waals surface area contributed by atoms with Crippen LogP contribution in [-0.2, 0) is 0 Å². The second kappa shape index (κ2) is 5.93. The first kappa shape index (κ1) is 14.2. The highest BCUT2D eigenvalue weighted by Crippen LogP contribution is 2.26. The Balaban J connectivity index is 1.92. The van der Waals surface area contributed by atoms with Gasteiger partial charge in [0, 0.05) is 6.07 Å². The molecule has 0 spiro atoms. The first-order valence-corrected chi connectivity index (χ1v) is 7.15. The number of rotatable bonds is 5. The van der Waals surface area contributed by atoms with Crippen molar-refractivity contribution in [1.29, 1.82) is 0 Å². The van der Waals surface area contributed by atoms with Gasteiger partial charge in [0.1, 0.15) is 22.5 Å². The number of methoxy groups -OCH3 is 1. The van der Waals surface area contributed by atoms with Gasteiger partial charge >= 0.3 is 0 Å². The van der Waals surface area contributed by atoms with Crippen LogP contribution in [0.15, 0.2) is 36.4 Å². The van der Waals surface area contributed by atoms with E-state index in [-0.39, 0.29) is 0 Å². The molecule has 0 aliphatic heterocycles. The highest BCUT2D eigenvalue weighted by atomic mass is 16.5. The number of benzene rings is 2. The summed E-state index contributed by atoms with van der Waals surface area (Å²) < 4.78 is 10.8. The standard InChI is InChI=1S/C16H18N4O2/c1-3-8-22-12-6-4-11(5-7-12)20-18-14-9-13(17)16(21-2)10-15(14)19-20/h4-7,9-10H,3,8,17H2,1-2H3. The summed E-state index contributed by atoms with van der Waals surface area (Å²) in [4.78, 5) is 1.58. The molecule has 0 amide bonds. The van der Waals surface area contributed by atoms with Crippen LogP contribution in [0.2, 0.25) is 0 Å². The topological polar surface area (TPSA) is 75.2 Å². The van der Waals surface area contributed by atoms with E-state index in [1.54, 1.807) is 24.0 Å². The minimum Gasteiger partial charge on any atom is -0.495 e. The zero-order valence-corrected chi connectivity index (χ0v) is 12.6. The van der Waals surface area contributed by atoms with Crippen LogP contribution in [0.3, 0.4) is 0 Å². The molecule has 2 aromatic carbocycles. The largest absolute Gasteiger partial charge is 0.495 e. The van der Waals surface area contributed by atoms with Crippen LogP contribution < -0.4 is 15.2 Å². The predicted molar refractivity (Wildman–Crippen MR) is 85.6 cm³/mol. The quantitative estimate of drug-likeness (QED) is 0.733. The highest BCUT2D eigenvalue weighted by molar-refractivity contribution is 5.81. The number of ether oxygens (including phenoxy) is 2. The summed E-state index contributed by atoms with van der Waals surface area (Å²) in [7, 11) is 1.58. The molecule has 0 unspecified atom stereocenters. The van der Waals surface area contributed by atoms with Crippen LogP contribution in [0.1, 0.15) is 13.3 Å². The molecule has 3 aromatic rings. The van der Waals surface area contributed by atoms with Gasteiger partial charge in [0.05, 0.1) is 25.1 Å². The number of hydrogen-bond donors (Lipinski definition) is 1. The summed E-state index contributed by atoms with van der Waals surface area (Å²) in [5, 5.41) is 8.89. The van der Waals surface area contributed by atoms with Crippen LogP contribution in [0, 0.1) is 0 Å². The third-order valence-electron chi connectivity index (χ3n) is 3.27. The van der Waals surface area contributed by atoms with E-state index >= 15 is 0 Å². The lowest BCUT2D eigenvalue weighted by Crippen LogP contribution is -1.99. The molecular formula is C16H18N4O2. The minimum absolute atomic E-state index is 0.547. The lowest BCUT2D eigenvalue weighted by Gasteiger charge is -2.05. The van der Waals surface area contributed by atoms with Gasteiger partial charge in [-0.25, -0.2) is 0 Å². The van der Waals surface area contributed by atoms with E-state index in [0.717, 1.165) is 28.9 Å². The molecule has 0 saturated carbocycles. The third kappa shape index (κ3) is 2.67. The molecule has 0 radical (unpaired) electrons. The molecule has 22 heavy (non-hydrogen) atoms. The van der Waals surface area contributed by atoms with Crippen molar-refractivity contribution in [2.24, 2.45) is 0 Å². The number of fused-ring (bicyclic) bond motifs is 1. The molecule has 1 heterocycles. The second-order valence-electron chi connectivity index (χ2n) is 4.91. The average Bonchev–Trinajstić information content (AvgIpc) is 2.95. The number of nitrogens with two attached hydrogens (primary N) is 1. The van der Waals surface area contributed by atoms with Gasteiger partial charge in [0.15, 0.2) is 0 Å². The van der Waals surface area contributed by atoms with Crippen molar-refractivity contribution < 1.29 is 9.47 Å². The summed E-state index contributed by atoms with van der Waals surface area (Å²) >= 11 is 0. The molecule has 6 nitrogen and oxygen atoms in total. The molecule has 0 atom stereocenters. The summed E-state index contributed by atoms with van der Waals surface area (Å²) in [6.07, 6.45) is 0.983. The van der Waals surface area contributed by atoms with Gasteiger partial charge in [-0.15, -0.1) is 10.2 Å². The van der Waals surface area contributed by atoms with Crippen molar-refractivity contribution in [3.63, 3.8) is 0 Å². The lowest BCUT2D eigenvalue weighted by molar-refractivity contribution is 0.317. The van der Waals surface area contributed by atoms with Gasteiger partial charge < -0.3 is 15.2 Å². The lowest BCUT2D eigenvalue weighted by atomic mass is 10.2. The Hall–Kier alpha value is -2.76. The van der Waals surface area contributed by atoms with E-state index in [1.165, 1.54) is 0 Å². The Morgan fingerprint density at radius 2 is 1.77 bits per heavy atom. The van der Waals surface area contributed by atoms with E-state index in [2.05, 4.69) is 17.1 Å². The van der Waals surface area contributed by atoms with Gasteiger partial charge in [-0.05, 0) is 36.8 Å². The van der Waals surface area contributed by atoms with Crippen LogP contribution in [0.5, 0.6) is 11.5 Å². The molecule has 0 aliphatic rings. The molecular weight excluding hydrogens is 280 g/mol. The Labute approximate surface area is 128 Å². The fourth-order valence-electron chi connectivity index (χ4n) is 2.15. The number of aromatic nitrogens is 3. The molecule has 3 rings (SSSR count). The van der Waals surface area contributed by atoms with Crippen molar-refractivity contribution in [3.05, 3.63) is 36.4 Å². The SMILES string of the molecule is CCCOc1ccc(-n2nc3cc(N)c(OC)cc3n2)cc1. The summed E-state index contributed by atoms with van der Waals surface area (Å²) in [6, 6.07) is 11.2. The Morgan fingerprint density at radius 3 is 2.41 bits per heavy atom. The smallest absolute Gasteiger partial charge is 0.144 e. The van der Waals surface area contributed by atoms with Crippen molar-refractivity contribution >= 4 is 16.7 Å². The van der Waals surface area contributed by atoms with Crippen LogP contribution >= 0.6 is 0 Å². The Morgan fingerprint density at radius 1 is 1.09 bits per heavy atom. The van der Waals surface area contributed by atoms with E-state index in [1.807, 2.05) is 24.3 Å². The normalized spacial score (nSPS) is 10.8. The molecule has 1 aromatic heterocycles. The fraction of sp³-hybridized carbons (Fsp3) is 0.250. The number of hydrogen-bond acceptors (Lipinski definition) is 5. The van der Waals surface area contributed by atoms with Crippen molar-refractivity contribution in [2.45, 2.75) is 13.3 Å². The van der Waals surface area contributed by atoms with Gasteiger partial charge in [-0.3, -0.25) is 0 Å². The first-order chi connectivity index (χ1) is 10.7. The van der Waals surface area contributed by atoms with Crippen LogP contribution in [0.4, 0.5) is 5.69 Å². The molecule has 0 bridgehead atoms. The molecule has 0 saturated heterocycles. The predicted octanol–water partition coefficient (Wildman–Crippen LogP) is 2.80. The van der Waals surface area contributed by atoms with Crippen LogP contribution in [-0.4, -0.2) is 28.7 Å². The maximum Gasteiger partial charge on any atom is 0.144 e. The van der Waals surface area contributed by atoms with E-state index in [0.29, 0.717) is 18.0 Å². The number of nitrogen functional groups attached to an aromatic ring is 1. The van der Waals surface area contributed by atoms with Gasteiger partial charge in [-0.2, -0.15) is 4.80 Å². The van der Waals surface area contributed by atoms with Crippen molar-refractivity contribution in [1.82, 2.24) is 15.0 Å². The van der Waals surface area contributed by atoms with E-state index in [4.69, 9.17) is 15.2 Å². The molecule has 0 aliphatic carbocycles. The molecule has 6 heteroatoms. The van der Waals surface area contributed by atoms with E-state index < -0.39 is 0 Å². The molecule has 0 fully saturated rings.